The van der Waals surface area contributed by atoms with Crippen LogP contribution in [0.25, 0.3) is 0 Å². The maximum Gasteiger partial charge on any atom is 0.233 e. The number of carbonyl (C=O) groups excluding carboxylic acids is 1. The third kappa shape index (κ3) is 4.61. The van der Waals surface area contributed by atoms with Crippen LogP contribution in [0.4, 0.5) is 0 Å². The average Bonchev–Trinajstić information content (AvgIpc) is 2.21. The Balaban J connectivity index is 2.47. The summed E-state index contributed by atoms with van der Waals surface area (Å²) in [6.07, 6.45) is 0. The number of benzene rings is 1. The van der Waals surface area contributed by atoms with Gasteiger partial charge in [0.25, 0.3) is 0 Å². The fourth-order valence-corrected chi connectivity index (χ4v) is 1.64. The molecular weight excluding hydrogens is 303 g/mol. The molecule has 0 aliphatic rings. The van der Waals surface area contributed by atoms with E-state index in [2.05, 4.69) is 52.2 Å². The summed E-state index contributed by atoms with van der Waals surface area (Å²) in [5.74, 6) is 0.0445. The van der Waals surface area contributed by atoms with Crippen LogP contribution in [0.3, 0.4) is 0 Å². The summed E-state index contributed by atoms with van der Waals surface area (Å²) in [4.78, 5) is 13.1. The Labute approximate surface area is 104 Å². The number of nitrogens with one attached hydrogen (secondary N) is 1. The number of rotatable bonds is 4. The van der Waals surface area contributed by atoms with Gasteiger partial charge in [-0.1, -0.05) is 12.1 Å². The van der Waals surface area contributed by atoms with Crippen molar-refractivity contribution in [1.29, 1.82) is 0 Å². The van der Waals surface area contributed by atoms with Crippen molar-refractivity contribution in [2.45, 2.75) is 6.54 Å². The van der Waals surface area contributed by atoms with Gasteiger partial charge < -0.3 is 5.32 Å². The molecule has 0 unspecified atom stereocenters. The van der Waals surface area contributed by atoms with Crippen molar-refractivity contribution in [3.8, 4) is 0 Å². The monoisotopic (exact) mass is 318 g/mol. The lowest BCUT2D eigenvalue weighted by molar-refractivity contribution is -0.121. The number of halogens is 1. The highest BCUT2D eigenvalue weighted by Gasteiger charge is 2.04. The van der Waals surface area contributed by atoms with Gasteiger partial charge >= 0.3 is 0 Å². The van der Waals surface area contributed by atoms with Crippen molar-refractivity contribution in [1.82, 2.24) is 10.2 Å². The molecule has 0 radical (unpaired) electrons. The standard InChI is InChI=1S/C11H15IN2O/c1-13-11(15)8-14(2)7-9-3-5-10(12)6-4-9/h3-6H,7-8H2,1-2H3,(H,13,15). The summed E-state index contributed by atoms with van der Waals surface area (Å²) in [5, 5.41) is 2.61. The van der Waals surface area contributed by atoms with E-state index in [1.807, 2.05) is 11.9 Å². The topological polar surface area (TPSA) is 32.3 Å². The first-order valence-corrected chi connectivity index (χ1v) is 5.83. The van der Waals surface area contributed by atoms with E-state index in [-0.39, 0.29) is 5.91 Å². The Morgan fingerprint density at radius 2 is 2.00 bits per heavy atom. The Morgan fingerprint density at radius 1 is 1.40 bits per heavy atom. The third-order valence-electron chi connectivity index (χ3n) is 2.06. The van der Waals surface area contributed by atoms with Crippen molar-refractivity contribution < 1.29 is 4.79 Å². The molecule has 1 amide bonds. The van der Waals surface area contributed by atoms with Crippen LogP contribution in [0.15, 0.2) is 24.3 Å². The normalized spacial score (nSPS) is 10.4. The van der Waals surface area contributed by atoms with Gasteiger partial charge in [0.05, 0.1) is 6.54 Å². The van der Waals surface area contributed by atoms with Crippen LogP contribution < -0.4 is 5.32 Å². The third-order valence-corrected chi connectivity index (χ3v) is 2.78. The Kier molecular flexibility index (Phi) is 5.04. The second-order valence-corrected chi connectivity index (χ2v) is 4.72. The Hall–Kier alpha value is -0.620. The molecule has 0 aliphatic carbocycles. The summed E-state index contributed by atoms with van der Waals surface area (Å²) in [5.41, 5.74) is 1.22. The molecule has 3 nitrogen and oxygen atoms in total. The molecule has 1 aromatic carbocycles. The molecule has 0 bridgehead atoms. The lowest BCUT2D eigenvalue weighted by Crippen LogP contribution is -2.32. The molecule has 1 N–H and O–H groups in total. The predicted octanol–water partition coefficient (Wildman–Crippen LogP) is 1.47. The van der Waals surface area contributed by atoms with Crippen molar-refractivity contribution in [3.63, 3.8) is 0 Å². The summed E-state index contributed by atoms with van der Waals surface area (Å²) in [6.45, 7) is 1.23. The van der Waals surface area contributed by atoms with Gasteiger partial charge in [0, 0.05) is 17.2 Å². The first-order chi connectivity index (χ1) is 7.11. The zero-order valence-electron chi connectivity index (χ0n) is 8.96. The van der Waals surface area contributed by atoms with Crippen molar-refractivity contribution >= 4 is 28.5 Å². The molecule has 0 aliphatic heterocycles. The van der Waals surface area contributed by atoms with E-state index in [4.69, 9.17) is 0 Å². The van der Waals surface area contributed by atoms with E-state index in [9.17, 15) is 4.79 Å². The molecule has 0 atom stereocenters. The maximum atomic E-state index is 11.1. The molecule has 1 rings (SSSR count). The molecule has 0 fully saturated rings. The number of carbonyl (C=O) groups is 1. The zero-order valence-corrected chi connectivity index (χ0v) is 11.1. The molecular formula is C11H15IN2O. The Morgan fingerprint density at radius 3 is 2.53 bits per heavy atom. The second kappa shape index (κ2) is 6.07. The lowest BCUT2D eigenvalue weighted by Gasteiger charge is -2.15. The molecule has 0 heterocycles. The van der Waals surface area contributed by atoms with Gasteiger partial charge in [-0.3, -0.25) is 9.69 Å². The van der Waals surface area contributed by atoms with Gasteiger partial charge in [-0.15, -0.1) is 0 Å². The van der Waals surface area contributed by atoms with E-state index >= 15 is 0 Å². The highest BCUT2D eigenvalue weighted by molar-refractivity contribution is 14.1. The minimum Gasteiger partial charge on any atom is -0.358 e. The van der Waals surface area contributed by atoms with Crippen molar-refractivity contribution in [2.75, 3.05) is 20.6 Å². The highest BCUT2D eigenvalue weighted by Crippen LogP contribution is 2.08. The van der Waals surface area contributed by atoms with Gasteiger partial charge in [0.1, 0.15) is 0 Å². The SMILES string of the molecule is CNC(=O)CN(C)Cc1ccc(I)cc1. The number of likely N-dealkylation sites (N-methyl/N-ethyl adjacent to an activating group) is 2. The van der Waals surface area contributed by atoms with Crippen LogP contribution in [-0.4, -0.2) is 31.4 Å². The van der Waals surface area contributed by atoms with E-state index in [1.54, 1.807) is 7.05 Å². The van der Waals surface area contributed by atoms with Crippen LogP contribution >= 0.6 is 22.6 Å². The second-order valence-electron chi connectivity index (χ2n) is 3.47. The smallest absolute Gasteiger partial charge is 0.233 e. The predicted molar refractivity (Wildman–Crippen MR) is 69.6 cm³/mol. The summed E-state index contributed by atoms with van der Waals surface area (Å²) >= 11 is 2.28. The molecule has 0 saturated heterocycles. The van der Waals surface area contributed by atoms with Crippen LogP contribution in [0.1, 0.15) is 5.56 Å². The van der Waals surface area contributed by atoms with Crippen LogP contribution in [0.2, 0.25) is 0 Å². The van der Waals surface area contributed by atoms with Crippen molar-refractivity contribution in [2.24, 2.45) is 0 Å². The largest absolute Gasteiger partial charge is 0.358 e. The van der Waals surface area contributed by atoms with Crippen LogP contribution in [0, 0.1) is 3.57 Å². The van der Waals surface area contributed by atoms with Crippen LogP contribution in [0.5, 0.6) is 0 Å². The number of nitrogens with zero attached hydrogens (tertiary/aromatic N) is 1. The summed E-state index contributed by atoms with van der Waals surface area (Å²) in [7, 11) is 3.59. The van der Waals surface area contributed by atoms with Crippen molar-refractivity contribution in [3.05, 3.63) is 33.4 Å². The summed E-state index contributed by atoms with van der Waals surface area (Å²) < 4.78 is 1.23. The average molecular weight is 318 g/mol. The fourth-order valence-electron chi connectivity index (χ4n) is 1.28. The molecule has 15 heavy (non-hydrogen) atoms. The zero-order chi connectivity index (χ0) is 11.3. The quantitative estimate of drug-likeness (QED) is 0.853. The van der Waals surface area contributed by atoms with Gasteiger partial charge in [-0.2, -0.15) is 0 Å². The minimum absolute atomic E-state index is 0.0445. The maximum absolute atomic E-state index is 11.1. The van der Waals surface area contributed by atoms with E-state index in [0.29, 0.717) is 6.54 Å². The van der Waals surface area contributed by atoms with Gasteiger partial charge in [-0.05, 0) is 47.3 Å². The number of hydrogen-bond donors (Lipinski definition) is 1. The van der Waals surface area contributed by atoms with E-state index in [1.165, 1.54) is 9.13 Å². The Bertz CT molecular complexity index is 324. The highest BCUT2D eigenvalue weighted by atomic mass is 127. The van der Waals surface area contributed by atoms with Gasteiger partial charge in [0.15, 0.2) is 0 Å². The fraction of sp³-hybridized carbons (Fsp3) is 0.364. The van der Waals surface area contributed by atoms with Gasteiger partial charge in [-0.25, -0.2) is 0 Å². The number of amides is 1. The molecule has 0 spiro atoms. The lowest BCUT2D eigenvalue weighted by atomic mass is 10.2. The minimum atomic E-state index is 0.0445. The molecule has 82 valence electrons. The molecule has 0 saturated carbocycles. The molecule has 4 heteroatoms. The van der Waals surface area contributed by atoms with E-state index in [0.717, 1.165) is 6.54 Å². The first kappa shape index (κ1) is 12.4. The molecule has 1 aromatic rings. The molecule has 0 aromatic heterocycles. The van der Waals surface area contributed by atoms with E-state index < -0.39 is 0 Å². The van der Waals surface area contributed by atoms with Gasteiger partial charge in [0.2, 0.25) is 5.91 Å². The first-order valence-electron chi connectivity index (χ1n) is 4.75. The van der Waals surface area contributed by atoms with Crippen LogP contribution in [-0.2, 0) is 11.3 Å². The number of hydrogen-bond acceptors (Lipinski definition) is 2. The summed E-state index contributed by atoms with van der Waals surface area (Å²) in [6, 6.07) is 8.32.